The molecule has 0 heterocycles. The van der Waals surface area contributed by atoms with Gasteiger partial charge in [0.05, 0.1) is 25.4 Å². The Kier molecular flexibility index (Phi) is 44.7. The first-order chi connectivity index (χ1) is 28.0. The van der Waals surface area contributed by atoms with Crippen molar-refractivity contribution in [3.05, 3.63) is 48.6 Å². The second-order valence-corrected chi connectivity index (χ2v) is 16.4. The first kappa shape index (κ1) is 54.8. The number of carbonyl (C=O) groups is 2. The van der Waals surface area contributed by atoms with Gasteiger partial charge in [-0.3, -0.25) is 9.59 Å². The maximum atomic E-state index is 12.3. The first-order valence-corrected chi connectivity index (χ1v) is 24.4. The standard InChI is InChI=1S/C51H93NO5/c1-3-5-7-9-11-13-14-15-16-17-18-19-22-25-29-33-37-41-45-51(56)57-46-42-38-34-30-26-23-20-21-24-28-32-36-40-44-50(55)52-48(47-53)49(54)43-39-35-31-27-12-10-8-6-4-2/h16-17,21,24,32,36,39,43,48-49,53-54H,3-15,18-20,22-23,25-31,33-35,37-38,40-42,44-47H2,1-2H3,(H,52,55)/b17-16-,24-21-,36-32-,43-39+. The topological polar surface area (TPSA) is 95.9 Å². The molecule has 0 fully saturated rings. The lowest BCUT2D eigenvalue weighted by Crippen LogP contribution is -2.45. The minimum atomic E-state index is -0.877. The molecule has 2 unspecified atom stereocenters. The number of hydrogen-bond donors (Lipinski definition) is 3. The number of unbranched alkanes of at least 4 members (excludes halogenated alkanes) is 27. The minimum Gasteiger partial charge on any atom is -0.466 e. The quantitative estimate of drug-likeness (QED) is 0.0324. The number of ether oxygens (including phenoxy) is 1. The van der Waals surface area contributed by atoms with E-state index >= 15 is 0 Å². The molecule has 6 nitrogen and oxygen atoms in total. The summed E-state index contributed by atoms with van der Waals surface area (Å²) in [5.74, 6) is -0.176. The predicted octanol–water partition coefficient (Wildman–Crippen LogP) is 14.3. The van der Waals surface area contributed by atoms with E-state index in [1.807, 2.05) is 12.2 Å². The molecular formula is C51H93NO5. The van der Waals surface area contributed by atoms with E-state index in [4.69, 9.17) is 4.74 Å². The molecule has 0 aromatic heterocycles. The van der Waals surface area contributed by atoms with Gasteiger partial charge in [-0.25, -0.2) is 0 Å². The minimum absolute atomic E-state index is 0.0229. The van der Waals surface area contributed by atoms with Crippen molar-refractivity contribution in [1.29, 1.82) is 0 Å². The number of hydrogen-bond acceptors (Lipinski definition) is 5. The van der Waals surface area contributed by atoms with Crippen LogP contribution in [-0.4, -0.2) is 47.4 Å². The maximum absolute atomic E-state index is 12.3. The molecule has 1 amide bonds. The number of nitrogens with one attached hydrogen (secondary N) is 1. The highest BCUT2D eigenvalue weighted by atomic mass is 16.5. The van der Waals surface area contributed by atoms with Crippen LogP contribution in [0.25, 0.3) is 0 Å². The molecule has 0 rings (SSSR count). The number of amides is 1. The van der Waals surface area contributed by atoms with E-state index in [0.29, 0.717) is 25.9 Å². The van der Waals surface area contributed by atoms with Crippen molar-refractivity contribution in [2.75, 3.05) is 13.2 Å². The summed E-state index contributed by atoms with van der Waals surface area (Å²) < 4.78 is 5.45. The Balaban J connectivity index is 3.54. The van der Waals surface area contributed by atoms with E-state index < -0.39 is 12.1 Å². The monoisotopic (exact) mass is 800 g/mol. The van der Waals surface area contributed by atoms with Crippen molar-refractivity contribution in [2.24, 2.45) is 0 Å². The van der Waals surface area contributed by atoms with Crippen LogP contribution in [0.3, 0.4) is 0 Å². The Hall–Kier alpha value is -2.18. The van der Waals surface area contributed by atoms with Crippen LogP contribution >= 0.6 is 0 Å². The molecule has 0 spiro atoms. The number of aliphatic hydroxyl groups excluding tert-OH is 2. The number of carbonyl (C=O) groups excluding carboxylic acids is 2. The molecule has 2 atom stereocenters. The van der Waals surface area contributed by atoms with E-state index in [-0.39, 0.29) is 18.5 Å². The van der Waals surface area contributed by atoms with Gasteiger partial charge >= 0.3 is 5.97 Å². The number of aliphatic hydroxyl groups is 2. The van der Waals surface area contributed by atoms with Crippen LogP contribution in [0.4, 0.5) is 0 Å². The van der Waals surface area contributed by atoms with Crippen molar-refractivity contribution in [3.63, 3.8) is 0 Å². The molecule has 0 aliphatic heterocycles. The summed E-state index contributed by atoms with van der Waals surface area (Å²) in [6.07, 6.45) is 57.0. The highest BCUT2D eigenvalue weighted by Gasteiger charge is 2.17. The summed E-state index contributed by atoms with van der Waals surface area (Å²) in [5.41, 5.74) is 0. The van der Waals surface area contributed by atoms with Crippen molar-refractivity contribution in [2.45, 2.75) is 251 Å². The van der Waals surface area contributed by atoms with Crippen LogP contribution in [0.15, 0.2) is 48.6 Å². The van der Waals surface area contributed by atoms with Crippen LogP contribution in [0, 0.1) is 0 Å². The number of esters is 1. The average Bonchev–Trinajstić information content (AvgIpc) is 3.21. The van der Waals surface area contributed by atoms with Gasteiger partial charge in [0.15, 0.2) is 0 Å². The second kappa shape index (κ2) is 46.5. The molecular weight excluding hydrogens is 707 g/mol. The molecule has 0 saturated heterocycles. The normalized spacial score (nSPS) is 13.1. The van der Waals surface area contributed by atoms with E-state index in [2.05, 4.69) is 49.5 Å². The van der Waals surface area contributed by atoms with Crippen molar-refractivity contribution in [3.8, 4) is 0 Å². The molecule has 6 heteroatoms. The number of allylic oxidation sites excluding steroid dienone is 7. The zero-order valence-corrected chi connectivity index (χ0v) is 37.6. The van der Waals surface area contributed by atoms with E-state index in [1.54, 1.807) is 6.08 Å². The maximum Gasteiger partial charge on any atom is 0.305 e. The summed E-state index contributed by atoms with van der Waals surface area (Å²) >= 11 is 0. The van der Waals surface area contributed by atoms with Crippen molar-refractivity contribution >= 4 is 11.9 Å². The van der Waals surface area contributed by atoms with Gasteiger partial charge in [-0.2, -0.15) is 0 Å². The molecule has 332 valence electrons. The van der Waals surface area contributed by atoms with Gasteiger partial charge in [-0.05, 0) is 77.0 Å². The summed E-state index contributed by atoms with van der Waals surface area (Å²) in [6, 6.07) is -0.670. The van der Waals surface area contributed by atoms with Crippen molar-refractivity contribution in [1.82, 2.24) is 5.32 Å². The highest BCUT2D eigenvalue weighted by Crippen LogP contribution is 2.13. The third-order valence-corrected chi connectivity index (χ3v) is 10.8. The fourth-order valence-corrected chi connectivity index (χ4v) is 7.03. The Morgan fingerprint density at radius 3 is 1.39 bits per heavy atom. The fourth-order valence-electron chi connectivity index (χ4n) is 7.03. The van der Waals surface area contributed by atoms with Crippen LogP contribution in [0.2, 0.25) is 0 Å². The van der Waals surface area contributed by atoms with E-state index in [1.165, 1.54) is 154 Å². The lowest BCUT2D eigenvalue weighted by molar-refractivity contribution is -0.143. The van der Waals surface area contributed by atoms with Gasteiger partial charge in [0, 0.05) is 12.8 Å². The Bertz CT molecular complexity index is 973. The van der Waals surface area contributed by atoms with Crippen LogP contribution in [0.1, 0.15) is 239 Å². The molecule has 0 aliphatic rings. The lowest BCUT2D eigenvalue weighted by Gasteiger charge is -2.19. The molecule has 0 aliphatic carbocycles. The number of rotatable bonds is 44. The smallest absolute Gasteiger partial charge is 0.305 e. The van der Waals surface area contributed by atoms with E-state index in [0.717, 1.165) is 51.4 Å². The van der Waals surface area contributed by atoms with Crippen LogP contribution in [-0.2, 0) is 14.3 Å². The van der Waals surface area contributed by atoms with Crippen LogP contribution < -0.4 is 5.32 Å². The molecule has 0 aromatic rings. The largest absolute Gasteiger partial charge is 0.466 e. The average molecular weight is 800 g/mol. The lowest BCUT2D eigenvalue weighted by atomic mass is 10.1. The zero-order chi connectivity index (χ0) is 41.5. The van der Waals surface area contributed by atoms with Gasteiger partial charge in [-0.1, -0.05) is 197 Å². The Labute approximate surface area is 353 Å². The molecule has 57 heavy (non-hydrogen) atoms. The molecule has 0 aromatic carbocycles. The third kappa shape index (κ3) is 43.2. The van der Waals surface area contributed by atoms with Gasteiger partial charge in [-0.15, -0.1) is 0 Å². The first-order valence-electron chi connectivity index (χ1n) is 24.4. The third-order valence-electron chi connectivity index (χ3n) is 10.8. The van der Waals surface area contributed by atoms with Crippen molar-refractivity contribution < 1.29 is 24.5 Å². The summed E-state index contributed by atoms with van der Waals surface area (Å²) in [5, 5.41) is 22.8. The predicted molar refractivity (Wildman–Crippen MR) is 245 cm³/mol. The highest BCUT2D eigenvalue weighted by molar-refractivity contribution is 5.76. The molecule has 0 radical (unpaired) electrons. The van der Waals surface area contributed by atoms with Gasteiger partial charge in [0.2, 0.25) is 5.91 Å². The SMILES string of the molecule is CCCCCCCCC/C=C\CCCCCCCCCC(=O)OCCCCCCCC/C=C\C/C=C\CCC(=O)NC(CO)C(O)/C=C/CCCCCCCCC. The summed E-state index contributed by atoms with van der Waals surface area (Å²) in [6.45, 7) is 4.79. The molecule has 0 saturated carbocycles. The summed E-state index contributed by atoms with van der Waals surface area (Å²) in [4.78, 5) is 24.3. The Morgan fingerprint density at radius 1 is 0.491 bits per heavy atom. The Morgan fingerprint density at radius 2 is 0.895 bits per heavy atom. The fraction of sp³-hybridized carbons (Fsp3) is 0.804. The second-order valence-electron chi connectivity index (χ2n) is 16.4. The molecule has 0 bridgehead atoms. The summed E-state index contributed by atoms with van der Waals surface area (Å²) in [7, 11) is 0. The zero-order valence-electron chi connectivity index (χ0n) is 37.6. The van der Waals surface area contributed by atoms with Gasteiger partial charge in [0.25, 0.3) is 0 Å². The van der Waals surface area contributed by atoms with Crippen LogP contribution in [0.5, 0.6) is 0 Å². The van der Waals surface area contributed by atoms with Gasteiger partial charge < -0.3 is 20.3 Å². The molecule has 3 N–H and O–H groups in total. The van der Waals surface area contributed by atoms with Gasteiger partial charge in [0.1, 0.15) is 0 Å². The van der Waals surface area contributed by atoms with E-state index in [9.17, 15) is 19.8 Å².